The third-order valence-electron chi connectivity index (χ3n) is 2.12. The largest absolute Gasteiger partial charge is 0.466 e. The van der Waals surface area contributed by atoms with Crippen LogP contribution in [-0.4, -0.2) is 25.5 Å². The highest BCUT2D eigenvalue weighted by Gasteiger charge is 2.02. The van der Waals surface area contributed by atoms with Gasteiger partial charge in [0, 0.05) is 18.2 Å². The van der Waals surface area contributed by atoms with Gasteiger partial charge in [0.25, 0.3) is 5.91 Å². The number of carbonyl (C=O) groups excluding carboxylic acids is 2. The van der Waals surface area contributed by atoms with Crippen LogP contribution in [0.4, 0.5) is 0 Å². The third kappa shape index (κ3) is 4.10. The second-order valence-electron chi connectivity index (χ2n) is 3.34. The Kier molecular flexibility index (Phi) is 4.94. The van der Waals surface area contributed by atoms with Crippen molar-refractivity contribution in [1.29, 1.82) is 0 Å². The van der Waals surface area contributed by atoms with E-state index in [0.29, 0.717) is 12.1 Å². The highest BCUT2D eigenvalue weighted by Crippen LogP contribution is 2.06. The number of benzene rings is 1. The summed E-state index contributed by atoms with van der Waals surface area (Å²) in [4.78, 5) is 22.3. The van der Waals surface area contributed by atoms with Gasteiger partial charge >= 0.3 is 5.97 Å². The third-order valence-corrected chi connectivity index (χ3v) is 2.12. The number of esters is 1. The minimum atomic E-state index is -0.405. The molecular weight excluding hydrogens is 218 g/mol. The molecule has 0 spiro atoms. The first kappa shape index (κ1) is 13.0. The van der Waals surface area contributed by atoms with Gasteiger partial charge < -0.3 is 10.1 Å². The molecule has 0 unspecified atom stereocenters. The minimum Gasteiger partial charge on any atom is -0.466 e. The second kappa shape index (κ2) is 6.48. The zero-order chi connectivity index (χ0) is 12.7. The van der Waals surface area contributed by atoms with Gasteiger partial charge in [0.2, 0.25) is 0 Å². The van der Waals surface area contributed by atoms with E-state index in [0.717, 1.165) is 5.56 Å². The molecule has 1 amide bonds. The van der Waals surface area contributed by atoms with Crippen molar-refractivity contribution in [3.63, 3.8) is 0 Å². The van der Waals surface area contributed by atoms with Crippen molar-refractivity contribution < 1.29 is 14.3 Å². The summed E-state index contributed by atoms with van der Waals surface area (Å²) in [5.41, 5.74) is 1.44. The molecule has 0 saturated heterocycles. The van der Waals surface area contributed by atoms with E-state index in [9.17, 15) is 9.59 Å². The van der Waals surface area contributed by atoms with Crippen molar-refractivity contribution in [3.8, 4) is 0 Å². The molecule has 0 aliphatic heterocycles. The highest BCUT2D eigenvalue weighted by molar-refractivity contribution is 5.94. The van der Waals surface area contributed by atoms with E-state index in [1.807, 2.05) is 6.92 Å². The molecule has 0 radical (unpaired) electrons. The Morgan fingerprint density at radius 1 is 1.29 bits per heavy atom. The molecule has 0 fully saturated rings. The molecular formula is C13H15NO3. The molecule has 1 aromatic rings. The molecule has 0 aliphatic rings. The lowest BCUT2D eigenvalue weighted by molar-refractivity contribution is -0.134. The van der Waals surface area contributed by atoms with Crippen LogP contribution in [0.5, 0.6) is 0 Å². The molecule has 0 bridgehead atoms. The smallest absolute Gasteiger partial charge is 0.330 e. The van der Waals surface area contributed by atoms with E-state index < -0.39 is 5.97 Å². The number of carbonyl (C=O) groups is 2. The van der Waals surface area contributed by atoms with Gasteiger partial charge in [0.05, 0.1) is 7.11 Å². The van der Waals surface area contributed by atoms with Gasteiger partial charge in [-0.2, -0.15) is 0 Å². The molecule has 17 heavy (non-hydrogen) atoms. The van der Waals surface area contributed by atoms with E-state index >= 15 is 0 Å². The van der Waals surface area contributed by atoms with Crippen LogP contribution in [0.15, 0.2) is 30.3 Å². The maximum atomic E-state index is 11.5. The number of methoxy groups -OCH3 is 1. The topological polar surface area (TPSA) is 55.4 Å². The molecule has 0 aromatic heterocycles. The Balaban J connectivity index is 2.71. The molecule has 0 saturated carbocycles. The lowest BCUT2D eigenvalue weighted by Gasteiger charge is -2.01. The van der Waals surface area contributed by atoms with Crippen LogP contribution < -0.4 is 5.32 Å². The zero-order valence-corrected chi connectivity index (χ0v) is 9.90. The van der Waals surface area contributed by atoms with Crippen LogP contribution in [0.25, 0.3) is 6.08 Å². The monoisotopic (exact) mass is 233 g/mol. The SMILES string of the molecule is CCNC(=O)c1ccc(/C=C/C(=O)OC)cc1. The van der Waals surface area contributed by atoms with Gasteiger partial charge in [0.1, 0.15) is 0 Å². The summed E-state index contributed by atoms with van der Waals surface area (Å²) < 4.78 is 4.48. The van der Waals surface area contributed by atoms with Crippen molar-refractivity contribution in [2.24, 2.45) is 0 Å². The fraction of sp³-hybridized carbons (Fsp3) is 0.231. The van der Waals surface area contributed by atoms with Crippen LogP contribution in [0.2, 0.25) is 0 Å². The predicted octanol–water partition coefficient (Wildman–Crippen LogP) is 1.62. The Morgan fingerprint density at radius 3 is 2.47 bits per heavy atom. The average molecular weight is 233 g/mol. The summed E-state index contributed by atoms with van der Waals surface area (Å²) in [6.45, 7) is 2.47. The van der Waals surface area contributed by atoms with Crippen molar-refractivity contribution >= 4 is 18.0 Å². The van der Waals surface area contributed by atoms with Crippen LogP contribution in [0, 0.1) is 0 Å². The maximum absolute atomic E-state index is 11.5. The first-order valence-corrected chi connectivity index (χ1v) is 5.31. The minimum absolute atomic E-state index is 0.101. The maximum Gasteiger partial charge on any atom is 0.330 e. The molecule has 4 heteroatoms. The summed E-state index contributed by atoms with van der Waals surface area (Å²) >= 11 is 0. The first-order valence-electron chi connectivity index (χ1n) is 5.31. The lowest BCUT2D eigenvalue weighted by Crippen LogP contribution is -2.22. The normalized spacial score (nSPS) is 10.2. The van der Waals surface area contributed by atoms with Gasteiger partial charge in [0.15, 0.2) is 0 Å². The number of ether oxygens (including phenoxy) is 1. The molecule has 0 atom stereocenters. The molecule has 0 heterocycles. The highest BCUT2D eigenvalue weighted by atomic mass is 16.5. The molecule has 1 aromatic carbocycles. The summed E-state index contributed by atoms with van der Waals surface area (Å²) in [5, 5.41) is 2.71. The van der Waals surface area contributed by atoms with E-state index in [-0.39, 0.29) is 5.91 Å². The van der Waals surface area contributed by atoms with Gasteiger partial charge in [-0.3, -0.25) is 4.79 Å². The Bertz CT molecular complexity index is 421. The Morgan fingerprint density at radius 2 is 1.94 bits per heavy atom. The van der Waals surface area contributed by atoms with Crippen molar-refractivity contribution in [2.75, 3.05) is 13.7 Å². The Hall–Kier alpha value is -2.10. The number of amides is 1. The van der Waals surface area contributed by atoms with Gasteiger partial charge in [-0.1, -0.05) is 12.1 Å². The number of rotatable bonds is 4. The summed E-state index contributed by atoms with van der Waals surface area (Å²) in [7, 11) is 1.32. The number of hydrogen-bond donors (Lipinski definition) is 1. The molecule has 1 rings (SSSR count). The van der Waals surface area contributed by atoms with Gasteiger partial charge in [-0.05, 0) is 30.7 Å². The summed E-state index contributed by atoms with van der Waals surface area (Å²) in [6.07, 6.45) is 2.97. The van der Waals surface area contributed by atoms with Crippen molar-refractivity contribution in [1.82, 2.24) is 5.32 Å². The van der Waals surface area contributed by atoms with Crippen molar-refractivity contribution in [3.05, 3.63) is 41.5 Å². The molecule has 90 valence electrons. The van der Waals surface area contributed by atoms with E-state index in [1.54, 1.807) is 30.3 Å². The van der Waals surface area contributed by atoms with Crippen LogP contribution in [-0.2, 0) is 9.53 Å². The summed E-state index contributed by atoms with van der Waals surface area (Å²) in [5.74, 6) is -0.506. The zero-order valence-electron chi connectivity index (χ0n) is 9.90. The van der Waals surface area contributed by atoms with Crippen LogP contribution in [0.3, 0.4) is 0 Å². The lowest BCUT2D eigenvalue weighted by atomic mass is 10.1. The fourth-order valence-electron chi connectivity index (χ4n) is 1.24. The summed E-state index contributed by atoms with van der Waals surface area (Å²) in [6, 6.07) is 6.96. The van der Waals surface area contributed by atoms with Gasteiger partial charge in [-0.25, -0.2) is 4.79 Å². The average Bonchev–Trinajstić information content (AvgIpc) is 2.36. The second-order valence-corrected chi connectivity index (χ2v) is 3.34. The predicted molar refractivity (Wildman–Crippen MR) is 65.5 cm³/mol. The van der Waals surface area contributed by atoms with Crippen LogP contribution in [0.1, 0.15) is 22.8 Å². The quantitative estimate of drug-likeness (QED) is 0.635. The van der Waals surface area contributed by atoms with E-state index in [1.165, 1.54) is 13.2 Å². The standard InChI is InChI=1S/C13H15NO3/c1-3-14-13(16)11-7-4-10(5-8-11)6-9-12(15)17-2/h4-9H,3H2,1-2H3,(H,14,16)/b9-6+. The van der Waals surface area contributed by atoms with E-state index in [2.05, 4.69) is 10.1 Å². The number of nitrogens with one attached hydrogen (secondary N) is 1. The van der Waals surface area contributed by atoms with Crippen molar-refractivity contribution in [2.45, 2.75) is 6.92 Å². The number of hydrogen-bond acceptors (Lipinski definition) is 3. The fourth-order valence-corrected chi connectivity index (χ4v) is 1.24. The van der Waals surface area contributed by atoms with Crippen LogP contribution >= 0.6 is 0 Å². The van der Waals surface area contributed by atoms with E-state index in [4.69, 9.17) is 0 Å². The molecule has 4 nitrogen and oxygen atoms in total. The van der Waals surface area contributed by atoms with Gasteiger partial charge in [-0.15, -0.1) is 0 Å². The Labute approximate surface area is 100 Å². The molecule has 0 aliphatic carbocycles. The first-order chi connectivity index (χ1) is 8.17. The molecule has 1 N–H and O–H groups in total.